The summed E-state index contributed by atoms with van der Waals surface area (Å²) >= 11 is 0. The first-order valence-electron chi connectivity index (χ1n) is 7.95. The zero-order valence-corrected chi connectivity index (χ0v) is 13.5. The molecule has 0 atom stereocenters. The van der Waals surface area contributed by atoms with Crippen molar-refractivity contribution in [3.8, 4) is 0 Å². The number of carbonyl (C=O) groups excluding carboxylic acids is 1. The van der Waals surface area contributed by atoms with Crippen LogP contribution in [0.1, 0.15) is 59.2 Å². The average molecular weight is 301 g/mol. The minimum absolute atomic E-state index is 0.0954. The highest BCUT2D eigenvalue weighted by Crippen LogP contribution is 2.33. The number of anilines is 1. The monoisotopic (exact) mass is 301 g/mol. The van der Waals surface area contributed by atoms with Gasteiger partial charge in [-0.2, -0.15) is 0 Å². The minimum Gasteiger partial charge on any atom is -0.360 e. The Morgan fingerprint density at radius 1 is 1.32 bits per heavy atom. The second-order valence-corrected chi connectivity index (χ2v) is 6.19. The standard InChI is InChI=1S/C17H23N3O2/c1-11-8-15(13(3)20(11)14-6-4-5-7-14)16(21)10-18-17-9-12(2)22-19-17/h8-9,14H,4-7,10H2,1-3H3,(H,18,19). The van der Waals surface area contributed by atoms with Gasteiger partial charge in [-0.05, 0) is 39.7 Å². The van der Waals surface area contributed by atoms with Gasteiger partial charge in [-0.1, -0.05) is 18.0 Å². The van der Waals surface area contributed by atoms with Gasteiger partial charge in [0.05, 0.1) is 6.54 Å². The molecule has 5 heteroatoms. The first-order valence-corrected chi connectivity index (χ1v) is 7.95. The van der Waals surface area contributed by atoms with Crippen LogP contribution in [0.5, 0.6) is 0 Å². The zero-order chi connectivity index (χ0) is 15.7. The van der Waals surface area contributed by atoms with Crippen molar-refractivity contribution in [2.45, 2.75) is 52.5 Å². The topological polar surface area (TPSA) is 60.1 Å². The third-order valence-corrected chi connectivity index (χ3v) is 4.53. The molecule has 0 aromatic carbocycles. The lowest BCUT2D eigenvalue weighted by molar-refractivity contribution is 0.100. The highest BCUT2D eigenvalue weighted by Gasteiger charge is 2.23. The third kappa shape index (κ3) is 2.80. The molecule has 0 aliphatic heterocycles. The number of rotatable bonds is 5. The number of ketones is 1. The molecule has 2 aromatic heterocycles. The van der Waals surface area contributed by atoms with E-state index in [1.807, 2.05) is 13.0 Å². The lowest BCUT2D eigenvalue weighted by atomic mass is 10.1. The Morgan fingerprint density at radius 2 is 2.05 bits per heavy atom. The molecule has 1 aliphatic carbocycles. The van der Waals surface area contributed by atoms with Gasteiger partial charge < -0.3 is 14.4 Å². The van der Waals surface area contributed by atoms with Crippen LogP contribution in [0.15, 0.2) is 16.7 Å². The molecule has 1 saturated carbocycles. The van der Waals surface area contributed by atoms with Crippen LogP contribution in [-0.4, -0.2) is 22.1 Å². The summed E-state index contributed by atoms with van der Waals surface area (Å²) in [5.41, 5.74) is 3.09. The van der Waals surface area contributed by atoms with E-state index in [2.05, 4.69) is 28.9 Å². The number of hydrogen-bond acceptors (Lipinski definition) is 4. The molecular weight excluding hydrogens is 278 g/mol. The average Bonchev–Trinajstić information content (AvgIpc) is 3.18. The van der Waals surface area contributed by atoms with Crippen LogP contribution < -0.4 is 5.32 Å². The smallest absolute Gasteiger partial charge is 0.183 e. The largest absolute Gasteiger partial charge is 0.360 e. The Labute approximate surface area is 130 Å². The molecule has 0 spiro atoms. The minimum atomic E-state index is 0.0954. The van der Waals surface area contributed by atoms with Gasteiger partial charge >= 0.3 is 0 Å². The van der Waals surface area contributed by atoms with Crippen LogP contribution in [0.4, 0.5) is 5.82 Å². The number of aromatic nitrogens is 2. The maximum Gasteiger partial charge on any atom is 0.183 e. The Hall–Kier alpha value is -2.04. The first-order chi connectivity index (χ1) is 10.6. The van der Waals surface area contributed by atoms with E-state index in [4.69, 9.17) is 4.52 Å². The number of aryl methyl sites for hydroxylation is 2. The molecule has 3 rings (SSSR count). The van der Waals surface area contributed by atoms with E-state index >= 15 is 0 Å². The van der Waals surface area contributed by atoms with Crippen molar-refractivity contribution < 1.29 is 9.32 Å². The van der Waals surface area contributed by atoms with Crippen molar-refractivity contribution in [1.29, 1.82) is 0 Å². The molecule has 0 amide bonds. The van der Waals surface area contributed by atoms with E-state index in [9.17, 15) is 4.79 Å². The van der Waals surface area contributed by atoms with E-state index in [-0.39, 0.29) is 12.3 Å². The van der Waals surface area contributed by atoms with Crippen LogP contribution in [-0.2, 0) is 0 Å². The van der Waals surface area contributed by atoms with E-state index in [1.165, 1.54) is 31.4 Å². The molecule has 0 saturated heterocycles. The van der Waals surface area contributed by atoms with Crippen LogP contribution in [0.25, 0.3) is 0 Å². The number of nitrogens with zero attached hydrogens (tertiary/aromatic N) is 2. The molecule has 0 bridgehead atoms. The Morgan fingerprint density at radius 3 is 2.68 bits per heavy atom. The maximum absolute atomic E-state index is 12.5. The summed E-state index contributed by atoms with van der Waals surface area (Å²) < 4.78 is 7.34. The van der Waals surface area contributed by atoms with Crippen molar-refractivity contribution in [3.05, 3.63) is 34.8 Å². The Bertz CT molecular complexity index is 678. The molecule has 2 heterocycles. The fourth-order valence-electron chi connectivity index (χ4n) is 3.50. The van der Waals surface area contributed by atoms with Crippen LogP contribution >= 0.6 is 0 Å². The van der Waals surface area contributed by atoms with Gasteiger partial charge in [0, 0.05) is 29.1 Å². The fourth-order valence-corrected chi connectivity index (χ4v) is 3.50. The summed E-state index contributed by atoms with van der Waals surface area (Å²) in [6.07, 6.45) is 5.02. The summed E-state index contributed by atoms with van der Waals surface area (Å²) in [5.74, 6) is 1.43. The molecule has 0 unspecified atom stereocenters. The summed E-state index contributed by atoms with van der Waals surface area (Å²) in [4.78, 5) is 12.5. The SMILES string of the molecule is Cc1cc(NCC(=O)c2cc(C)n(C3CCCC3)c2C)no1. The molecule has 0 radical (unpaired) electrons. The maximum atomic E-state index is 12.5. The summed E-state index contributed by atoms with van der Waals surface area (Å²) in [6, 6.07) is 4.37. The molecule has 22 heavy (non-hydrogen) atoms. The third-order valence-electron chi connectivity index (χ3n) is 4.53. The van der Waals surface area contributed by atoms with Crippen molar-refractivity contribution >= 4 is 11.6 Å². The van der Waals surface area contributed by atoms with Gasteiger partial charge in [-0.15, -0.1) is 0 Å². The zero-order valence-electron chi connectivity index (χ0n) is 13.5. The predicted octanol–water partition coefficient (Wildman–Crippen LogP) is 3.81. The van der Waals surface area contributed by atoms with Gasteiger partial charge in [0.1, 0.15) is 5.76 Å². The molecule has 118 valence electrons. The highest BCUT2D eigenvalue weighted by atomic mass is 16.5. The van der Waals surface area contributed by atoms with Gasteiger partial charge in [0.2, 0.25) is 0 Å². The number of hydrogen-bond donors (Lipinski definition) is 1. The van der Waals surface area contributed by atoms with Crippen molar-refractivity contribution in [1.82, 2.24) is 9.72 Å². The molecule has 1 fully saturated rings. The molecule has 1 N–H and O–H groups in total. The number of nitrogens with one attached hydrogen (secondary N) is 1. The van der Waals surface area contributed by atoms with Crippen molar-refractivity contribution in [2.24, 2.45) is 0 Å². The highest BCUT2D eigenvalue weighted by molar-refractivity contribution is 6.00. The van der Waals surface area contributed by atoms with Crippen LogP contribution in [0.3, 0.4) is 0 Å². The van der Waals surface area contributed by atoms with E-state index in [0.717, 1.165) is 17.0 Å². The van der Waals surface area contributed by atoms with Gasteiger partial charge in [0.15, 0.2) is 11.6 Å². The summed E-state index contributed by atoms with van der Waals surface area (Å²) in [5, 5.41) is 6.87. The summed E-state index contributed by atoms with van der Waals surface area (Å²) in [6.45, 7) is 6.21. The molecule has 5 nitrogen and oxygen atoms in total. The van der Waals surface area contributed by atoms with Crippen LogP contribution in [0, 0.1) is 20.8 Å². The van der Waals surface area contributed by atoms with Gasteiger partial charge in [-0.25, -0.2) is 0 Å². The quantitative estimate of drug-likeness (QED) is 0.853. The second kappa shape index (κ2) is 5.99. The van der Waals surface area contributed by atoms with Gasteiger partial charge in [-0.3, -0.25) is 4.79 Å². The molecular formula is C17H23N3O2. The normalized spacial score (nSPS) is 15.4. The van der Waals surface area contributed by atoms with Gasteiger partial charge in [0.25, 0.3) is 0 Å². The fraction of sp³-hybridized carbons (Fsp3) is 0.529. The Balaban J connectivity index is 1.73. The molecule has 2 aromatic rings. The van der Waals surface area contributed by atoms with Crippen LogP contribution in [0.2, 0.25) is 0 Å². The lowest BCUT2D eigenvalue weighted by Gasteiger charge is -2.17. The van der Waals surface area contributed by atoms with Crippen molar-refractivity contribution in [3.63, 3.8) is 0 Å². The lowest BCUT2D eigenvalue weighted by Crippen LogP contribution is -2.16. The van der Waals surface area contributed by atoms with E-state index in [0.29, 0.717) is 11.9 Å². The number of Topliss-reactive ketones (excluding diaryl/α,β-unsaturated/α-hetero) is 1. The number of carbonyl (C=O) groups is 1. The first kappa shape index (κ1) is 14.9. The summed E-state index contributed by atoms with van der Waals surface area (Å²) in [7, 11) is 0. The van der Waals surface area contributed by atoms with E-state index < -0.39 is 0 Å². The predicted molar refractivity (Wildman–Crippen MR) is 85.5 cm³/mol. The second-order valence-electron chi connectivity index (χ2n) is 6.19. The van der Waals surface area contributed by atoms with Crippen molar-refractivity contribution in [2.75, 3.05) is 11.9 Å². The molecule has 1 aliphatic rings. The van der Waals surface area contributed by atoms with E-state index in [1.54, 1.807) is 6.07 Å². The Kier molecular flexibility index (Phi) is 4.05.